The van der Waals surface area contributed by atoms with Crippen LogP contribution in [0.25, 0.3) is 0 Å². The van der Waals surface area contributed by atoms with E-state index in [9.17, 15) is 0 Å². The van der Waals surface area contributed by atoms with E-state index < -0.39 is 0 Å². The first kappa shape index (κ1) is 10.4. The Kier molecular flexibility index (Phi) is 3.42. The summed E-state index contributed by atoms with van der Waals surface area (Å²) in [4.78, 5) is 5.13. The molecule has 0 saturated carbocycles. The van der Waals surface area contributed by atoms with Gasteiger partial charge in [0, 0.05) is 19.1 Å². The molecule has 2 unspecified atom stereocenters. The smallest absolute Gasteiger partial charge is 0.0936 e. The van der Waals surface area contributed by atoms with Crippen LogP contribution in [0.2, 0.25) is 0 Å². The van der Waals surface area contributed by atoms with Crippen LogP contribution in [0.4, 0.5) is 0 Å². The van der Waals surface area contributed by atoms with Crippen molar-refractivity contribution in [1.29, 1.82) is 0 Å². The Morgan fingerprint density at radius 2 is 2.07 bits per heavy atom. The average Bonchev–Trinajstić information content (AvgIpc) is 2.88. The number of likely N-dealkylation sites (N-methyl/N-ethyl adjacent to an activating group) is 1. The largest absolute Gasteiger partial charge is 0.372 e. The monoisotopic (exact) mass is 198 g/mol. The first-order chi connectivity index (χ1) is 6.83. The Hall–Kier alpha value is -0.120. The number of hydrogen-bond acceptors (Lipinski definition) is 3. The second kappa shape index (κ2) is 4.60. The number of rotatable bonds is 5. The van der Waals surface area contributed by atoms with Gasteiger partial charge in [0.2, 0.25) is 0 Å². The van der Waals surface area contributed by atoms with Crippen LogP contribution in [-0.4, -0.2) is 61.3 Å². The number of likely N-dealkylation sites (tertiary alicyclic amines) is 1. The maximum Gasteiger partial charge on any atom is 0.0936 e. The molecule has 2 rings (SSSR count). The van der Waals surface area contributed by atoms with E-state index in [4.69, 9.17) is 4.74 Å². The molecular weight excluding hydrogens is 176 g/mol. The predicted octanol–water partition coefficient (Wildman–Crippen LogP) is 0.801. The molecule has 0 aromatic rings. The topological polar surface area (TPSA) is 19.0 Å². The summed E-state index contributed by atoms with van der Waals surface area (Å²) in [6.07, 6.45) is 1.90. The van der Waals surface area contributed by atoms with Crippen LogP contribution in [0.5, 0.6) is 0 Å². The van der Waals surface area contributed by atoms with E-state index in [1.54, 1.807) is 0 Å². The van der Waals surface area contributed by atoms with Crippen molar-refractivity contribution in [2.75, 3.05) is 39.3 Å². The standard InChI is InChI=1S/C11H22N2O/c1-3-13(4-2)10-5-6-12(7-10)8-11-9-14-11/h10-11H,3-9H2,1-2H3. The molecule has 0 spiro atoms. The molecule has 2 atom stereocenters. The highest BCUT2D eigenvalue weighted by Crippen LogP contribution is 2.19. The maximum atomic E-state index is 5.26. The lowest BCUT2D eigenvalue weighted by Gasteiger charge is -2.26. The van der Waals surface area contributed by atoms with Gasteiger partial charge in [0.25, 0.3) is 0 Å². The number of epoxide rings is 1. The van der Waals surface area contributed by atoms with Gasteiger partial charge in [-0.1, -0.05) is 13.8 Å². The first-order valence-corrected chi connectivity index (χ1v) is 5.91. The van der Waals surface area contributed by atoms with Crippen molar-refractivity contribution < 1.29 is 4.74 Å². The second-order valence-corrected chi connectivity index (χ2v) is 4.38. The molecule has 3 nitrogen and oxygen atoms in total. The fraction of sp³-hybridized carbons (Fsp3) is 1.00. The van der Waals surface area contributed by atoms with Crippen LogP contribution in [0.3, 0.4) is 0 Å². The minimum atomic E-state index is 0.561. The van der Waals surface area contributed by atoms with E-state index in [0.29, 0.717) is 6.10 Å². The van der Waals surface area contributed by atoms with Gasteiger partial charge in [-0.15, -0.1) is 0 Å². The van der Waals surface area contributed by atoms with E-state index in [1.807, 2.05) is 0 Å². The molecule has 0 aliphatic carbocycles. The number of ether oxygens (including phenoxy) is 1. The van der Waals surface area contributed by atoms with Gasteiger partial charge in [0.1, 0.15) is 0 Å². The second-order valence-electron chi connectivity index (χ2n) is 4.38. The molecule has 2 aliphatic heterocycles. The zero-order chi connectivity index (χ0) is 9.97. The van der Waals surface area contributed by atoms with Crippen molar-refractivity contribution in [2.24, 2.45) is 0 Å². The van der Waals surface area contributed by atoms with Gasteiger partial charge < -0.3 is 4.74 Å². The number of hydrogen-bond donors (Lipinski definition) is 0. The van der Waals surface area contributed by atoms with E-state index in [0.717, 1.165) is 19.2 Å². The summed E-state index contributed by atoms with van der Waals surface area (Å²) < 4.78 is 5.26. The quantitative estimate of drug-likeness (QED) is 0.609. The molecule has 0 radical (unpaired) electrons. The third kappa shape index (κ3) is 2.47. The molecule has 14 heavy (non-hydrogen) atoms. The molecule has 2 fully saturated rings. The van der Waals surface area contributed by atoms with E-state index in [1.165, 1.54) is 32.6 Å². The van der Waals surface area contributed by atoms with Gasteiger partial charge in [0.15, 0.2) is 0 Å². The lowest BCUT2D eigenvalue weighted by Crippen LogP contribution is -2.37. The summed E-state index contributed by atoms with van der Waals surface area (Å²) in [5.74, 6) is 0. The fourth-order valence-corrected chi connectivity index (χ4v) is 2.48. The third-order valence-electron chi connectivity index (χ3n) is 3.44. The van der Waals surface area contributed by atoms with Crippen molar-refractivity contribution in [3.63, 3.8) is 0 Å². The highest BCUT2D eigenvalue weighted by molar-refractivity contribution is 4.85. The Morgan fingerprint density at radius 1 is 1.36 bits per heavy atom. The lowest BCUT2D eigenvalue weighted by molar-refractivity contribution is 0.205. The van der Waals surface area contributed by atoms with Crippen LogP contribution in [-0.2, 0) is 4.74 Å². The van der Waals surface area contributed by atoms with E-state index in [2.05, 4.69) is 23.6 Å². The van der Waals surface area contributed by atoms with Gasteiger partial charge in [-0.05, 0) is 26.1 Å². The van der Waals surface area contributed by atoms with Gasteiger partial charge in [-0.25, -0.2) is 0 Å². The summed E-state index contributed by atoms with van der Waals surface area (Å²) in [5, 5.41) is 0. The Morgan fingerprint density at radius 3 is 2.64 bits per heavy atom. The third-order valence-corrected chi connectivity index (χ3v) is 3.44. The molecule has 0 N–H and O–H groups in total. The molecular formula is C11H22N2O. The zero-order valence-corrected chi connectivity index (χ0v) is 9.41. The average molecular weight is 198 g/mol. The Labute approximate surface area is 87.0 Å². The SMILES string of the molecule is CCN(CC)C1CCN(CC2CO2)C1. The minimum Gasteiger partial charge on any atom is -0.372 e. The summed E-state index contributed by atoms with van der Waals surface area (Å²) in [7, 11) is 0. The summed E-state index contributed by atoms with van der Waals surface area (Å²) in [6.45, 7) is 11.6. The highest BCUT2D eigenvalue weighted by atomic mass is 16.6. The van der Waals surface area contributed by atoms with Gasteiger partial charge in [-0.2, -0.15) is 0 Å². The Bertz CT molecular complexity index is 178. The molecule has 2 saturated heterocycles. The molecule has 3 heteroatoms. The number of nitrogens with zero attached hydrogens (tertiary/aromatic N) is 2. The van der Waals surface area contributed by atoms with Crippen LogP contribution in [0.1, 0.15) is 20.3 Å². The predicted molar refractivity (Wildman–Crippen MR) is 57.5 cm³/mol. The molecule has 2 aliphatic rings. The molecule has 0 amide bonds. The molecule has 2 heterocycles. The summed E-state index contributed by atoms with van der Waals surface area (Å²) in [6, 6.07) is 0.795. The zero-order valence-electron chi connectivity index (χ0n) is 9.41. The minimum absolute atomic E-state index is 0.561. The van der Waals surface area contributed by atoms with Crippen LogP contribution in [0, 0.1) is 0 Å². The van der Waals surface area contributed by atoms with Gasteiger partial charge in [-0.3, -0.25) is 9.80 Å². The van der Waals surface area contributed by atoms with Crippen molar-refractivity contribution >= 4 is 0 Å². The van der Waals surface area contributed by atoms with E-state index >= 15 is 0 Å². The van der Waals surface area contributed by atoms with Gasteiger partial charge in [0.05, 0.1) is 12.7 Å². The summed E-state index contributed by atoms with van der Waals surface area (Å²) >= 11 is 0. The van der Waals surface area contributed by atoms with Crippen molar-refractivity contribution in [2.45, 2.75) is 32.4 Å². The van der Waals surface area contributed by atoms with Crippen LogP contribution < -0.4 is 0 Å². The highest BCUT2D eigenvalue weighted by Gasteiger charge is 2.31. The lowest BCUT2D eigenvalue weighted by atomic mass is 10.2. The van der Waals surface area contributed by atoms with Crippen molar-refractivity contribution in [3.8, 4) is 0 Å². The summed E-state index contributed by atoms with van der Waals surface area (Å²) in [5.41, 5.74) is 0. The van der Waals surface area contributed by atoms with Gasteiger partial charge >= 0.3 is 0 Å². The molecule has 0 aromatic heterocycles. The van der Waals surface area contributed by atoms with Crippen molar-refractivity contribution in [3.05, 3.63) is 0 Å². The fourth-order valence-electron chi connectivity index (χ4n) is 2.48. The Balaban J connectivity index is 1.74. The van der Waals surface area contributed by atoms with Crippen LogP contribution >= 0.6 is 0 Å². The molecule has 82 valence electrons. The van der Waals surface area contributed by atoms with Crippen molar-refractivity contribution in [1.82, 2.24) is 9.80 Å². The van der Waals surface area contributed by atoms with Crippen LogP contribution in [0.15, 0.2) is 0 Å². The first-order valence-electron chi connectivity index (χ1n) is 5.91. The molecule has 0 aromatic carbocycles. The molecule has 0 bridgehead atoms. The van der Waals surface area contributed by atoms with E-state index in [-0.39, 0.29) is 0 Å². The normalized spacial score (nSPS) is 32.8. The maximum absolute atomic E-state index is 5.26.